The van der Waals surface area contributed by atoms with Crippen LogP contribution in [0.4, 0.5) is 0 Å². The van der Waals surface area contributed by atoms with Crippen molar-refractivity contribution in [3.63, 3.8) is 0 Å². The number of halogens is 1. The number of methoxy groups -OCH3 is 1. The van der Waals surface area contributed by atoms with Crippen molar-refractivity contribution in [2.24, 2.45) is 5.92 Å². The molecule has 3 rings (SSSR count). The van der Waals surface area contributed by atoms with Crippen molar-refractivity contribution in [1.82, 2.24) is 9.97 Å². The number of ether oxygens (including phenoxy) is 1. The van der Waals surface area contributed by atoms with Gasteiger partial charge in [-0.1, -0.05) is 24.9 Å². The quantitative estimate of drug-likeness (QED) is 0.728. The van der Waals surface area contributed by atoms with Gasteiger partial charge in [-0.05, 0) is 44.6 Å². The molecule has 0 bridgehead atoms. The number of nitrogens with zero attached hydrogens (tertiary/aromatic N) is 2. The normalized spacial score (nSPS) is 26.4. The summed E-state index contributed by atoms with van der Waals surface area (Å²) >= 11 is 8.15. The smallest absolute Gasteiger partial charge is 0.163 e. The average molecular weight is 325 g/mol. The van der Waals surface area contributed by atoms with E-state index >= 15 is 0 Å². The molecule has 1 aliphatic rings. The molecule has 0 aromatic carbocycles. The van der Waals surface area contributed by atoms with Gasteiger partial charge in [0.25, 0.3) is 0 Å². The Morgan fingerprint density at radius 1 is 1.33 bits per heavy atom. The summed E-state index contributed by atoms with van der Waals surface area (Å²) in [6.07, 6.45) is 4.34. The van der Waals surface area contributed by atoms with Gasteiger partial charge >= 0.3 is 0 Å². The maximum absolute atomic E-state index is 6.46. The van der Waals surface area contributed by atoms with Crippen LogP contribution < -0.4 is 0 Å². The number of thiophene rings is 1. The van der Waals surface area contributed by atoms with E-state index in [1.165, 1.54) is 16.9 Å². The van der Waals surface area contributed by atoms with Crippen molar-refractivity contribution < 1.29 is 4.74 Å². The highest BCUT2D eigenvalue weighted by molar-refractivity contribution is 7.18. The molecule has 2 unspecified atom stereocenters. The van der Waals surface area contributed by atoms with Crippen molar-refractivity contribution in [1.29, 1.82) is 0 Å². The van der Waals surface area contributed by atoms with Gasteiger partial charge in [-0.3, -0.25) is 0 Å². The monoisotopic (exact) mass is 324 g/mol. The standard InChI is InChI=1S/C16H21ClN2OS/c1-9-6-5-7-16(8-9,20-4)15-18-13(17)12-10(2)11(3)21-14(12)19-15/h9H,5-8H2,1-4H3. The van der Waals surface area contributed by atoms with Gasteiger partial charge in [0.2, 0.25) is 0 Å². The Kier molecular flexibility index (Phi) is 3.97. The third-order valence-corrected chi connectivity index (χ3v) is 6.11. The predicted octanol–water partition coefficient (Wildman–Crippen LogP) is 5.01. The van der Waals surface area contributed by atoms with E-state index in [1.807, 2.05) is 0 Å². The molecule has 5 heteroatoms. The molecule has 0 aliphatic heterocycles. The molecule has 2 heterocycles. The zero-order valence-electron chi connectivity index (χ0n) is 13.0. The van der Waals surface area contributed by atoms with Gasteiger partial charge in [-0.2, -0.15) is 0 Å². The Bertz CT molecular complexity index is 684. The van der Waals surface area contributed by atoms with Crippen molar-refractivity contribution in [3.05, 3.63) is 21.4 Å². The summed E-state index contributed by atoms with van der Waals surface area (Å²) in [5.41, 5.74) is 0.816. The Balaban J connectivity index is 2.15. The summed E-state index contributed by atoms with van der Waals surface area (Å²) in [4.78, 5) is 11.7. The minimum Gasteiger partial charge on any atom is -0.370 e. The summed E-state index contributed by atoms with van der Waals surface area (Å²) in [6.45, 7) is 6.46. The molecular weight excluding hydrogens is 304 g/mol. The number of fused-ring (bicyclic) bond motifs is 1. The zero-order chi connectivity index (χ0) is 15.2. The average Bonchev–Trinajstić information content (AvgIpc) is 2.74. The molecule has 0 spiro atoms. The Hall–Kier alpha value is -0.710. The molecule has 2 aromatic rings. The fraction of sp³-hybridized carbons (Fsp3) is 0.625. The van der Waals surface area contributed by atoms with E-state index in [9.17, 15) is 0 Å². The summed E-state index contributed by atoms with van der Waals surface area (Å²) in [5.74, 6) is 1.39. The molecule has 2 atom stereocenters. The largest absolute Gasteiger partial charge is 0.370 e. The summed E-state index contributed by atoms with van der Waals surface area (Å²) in [5, 5.41) is 1.56. The maximum atomic E-state index is 6.46. The molecule has 0 saturated heterocycles. The Morgan fingerprint density at radius 2 is 2.10 bits per heavy atom. The van der Waals surface area contributed by atoms with E-state index < -0.39 is 0 Å². The first-order valence-corrected chi connectivity index (χ1v) is 8.65. The number of aryl methyl sites for hydroxylation is 2. The van der Waals surface area contributed by atoms with Crippen LogP contribution >= 0.6 is 22.9 Å². The molecule has 0 radical (unpaired) electrons. The Labute approximate surface area is 134 Å². The second-order valence-corrected chi connectivity index (χ2v) is 7.76. The molecule has 0 amide bonds. The minimum absolute atomic E-state index is 0.374. The molecule has 1 fully saturated rings. The Morgan fingerprint density at radius 3 is 2.76 bits per heavy atom. The second-order valence-electron chi connectivity index (χ2n) is 6.20. The van der Waals surface area contributed by atoms with Gasteiger partial charge in [0.1, 0.15) is 15.6 Å². The highest BCUT2D eigenvalue weighted by Gasteiger charge is 2.40. The molecule has 1 aliphatic carbocycles. The van der Waals surface area contributed by atoms with Crippen molar-refractivity contribution in [2.75, 3.05) is 7.11 Å². The lowest BCUT2D eigenvalue weighted by Crippen LogP contribution is -2.36. The molecule has 3 nitrogen and oxygen atoms in total. The third kappa shape index (κ3) is 2.47. The van der Waals surface area contributed by atoms with Gasteiger partial charge < -0.3 is 4.74 Å². The molecule has 21 heavy (non-hydrogen) atoms. The first kappa shape index (κ1) is 15.2. The van der Waals surface area contributed by atoms with Gasteiger partial charge in [0.15, 0.2) is 5.82 Å². The molecule has 2 aromatic heterocycles. The lowest BCUT2D eigenvalue weighted by atomic mass is 9.78. The van der Waals surface area contributed by atoms with Gasteiger partial charge in [0.05, 0.1) is 5.39 Å². The SMILES string of the molecule is COC1(c2nc(Cl)c3c(C)c(C)sc3n2)CCCC(C)C1. The van der Waals surface area contributed by atoms with Crippen LogP contribution in [0.5, 0.6) is 0 Å². The molecular formula is C16H21ClN2OS. The van der Waals surface area contributed by atoms with Gasteiger partial charge in [-0.15, -0.1) is 11.3 Å². The van der Waals surface area contributed by atoms with Crippen molar-refractivity contribution in [3.8, 4) is 0 Å². The van der Waals surface area contributed by atoms with E-state index in [-0.39, 0.29) is 5.60 Å². The van der Waals surface area contributed by atoms with E-state index in [0.717, 1.165) is 35.3 Å². The number of rotatable bonds is 2. The minimum atomic E-state index is -0.374. The summed E-state index contributed by atoms with van der Waals surface area (Å²) in [7, 11) is 1.77. The lowest BCUT2D eigenvalue weighted by Gasteiger charge is -2.37. The van der Waals surface area contributed by atoms with E-state index in [1.54, 1.807) is 18.4 Å². The van der Waals surface area contributed by atoms with Crippen LogP contribution in [0.15, 0.2) is 0 Å². The highest BCUT2D eigenvalue weighted by atomic mass is 35.5. The van der Waals surface area contributed by atoms with Crippen LogP contribution in [0.25, 0.3) is 10.2 Å². The van der Waals surface area contributed by atoms with Crippen LogP contribution in [0, 0.1) is 19.8 Å². The van der Waals surface area contributed by atoms with Crippen molar-refractivity contribution in [2.45, 2.75) is 52.1 Å². The van der Waals surface area contributed by atoms with Crippen LogP contribution in [0.3, 0.4) is 0 Å². The van der Waals surface area contributed by atoms with Gasteiger partial charge in [0, 0.05) is 12.0 Å². The molecule has 0 N–H and O–H groups in total. The van der Waals surface area contributed by atoms with E-state index in [0.29, 0.717) is 11.1 Å². The number of hydrogen-bond acceptors (Lipinski definition) is 4. The summed E-state index contributed by atoms with van der Waals surface area (Å²) < 4.78 is 5.90. The lowest BCUT2D eigenvalue weighted by molar-refractivity contribution is -0.0643. The van der Waals surface area contributed by atoms with E-state index in [2.05, 4.69) is 25.8 Å². The third-order valence-electron chi connectivity index (χ3n) is 4.74. The highest BCUT2D eigenvalue weighted by Crippen LogP contribution is 2.43. The topological polar surface area (TPSA) is 35.0 Å². The second kappa shape index (κ2) is 5.49. The zero-order valence-corrected chi connectivity index (χ0v) is 14.6. The molecule has 1 saturated carbocycles. The van der Waals surface area contributed by atoms with Crippen LogP contribution in [0.1, 0.15) is 48.9 Å². The number of hydrogen-bond donors (Lipinski definition) is 0. The van der Waals surface area contributed by atoms with E-state index in [4.69, 9.17) is 21.3 Å². The fourth-order valence-corrected chi connectivity index (χ4v) is 4.78. The predicted molar refractivity (Wildman–Crippen MR) is 88.2 cm³/mol. The first-order valence-electron chi connectivity index (χ1n) is 7.45. The molecule has 114 valence electrons. The van der Waals surface area contributed by atoms with Gasteiger partial charge in [-0.25, -0.2) is 9.97 Å². The maximum Gasteiger partial charge on any atom is 0.163 e. The fourth-order valence-electron chi connectivity index (χ4n) is 3.39. The van der Waals surface area contributed by atoms with Crippen molar-refractivity contribution >= 4 is 33.2 Å². The summed E-state index contributed by atoms with van der Waals surface area (Å²) in [6, 6.07) is 0. The van der Waals surface area contributed by atoms with Crippen LogP contribution in [-0.4, -0.2) is 17.1 Å². The first-order chi connectivity index (χ1) is 9.97. The van der Waals surface area contributed by atoms with Crippen LogP contribution in [-0.2, 0) is 10.3 Å². The van der Waals surface area contributed by atoms with Crippen LogP contribution in [0.2, 0.25) is 5.15 Å². The number of aromatic nitrogens is 2.